The van der Waals surface area contributed by atoms with E-state index >= 15 is 0 Å². The van der Waals surface area contributed by atoms with Crippen molar-refractivity contribution in [3.8, 4) is 22.2 Å². The third-order valence-corrected chi connectivity index (χ3v) is 5.99. The number of aromatic nitrogens is 3. The average Bonchev–Trinajstić information content (AvgIpc) is 3.43. The van der Waals surface area contributed by atoms with Gasteiger partial charge in [0.05, 0.1) is 16.2 Å². The van der Waals surface area contributed by atoms with Crippen LogP contribution in [0, 0.1) is 0 Å². The molecule has 0 aliphatic heterocycles. The van der Waals surface area contributed by atoms with Crippen LogP contribution in [0.25, 0.3) is 22.2 Å². The Balaban J connectivity index is 1.40. The number of thioether (sulfide) groups is 1. The van der Waals surface area contributed by atoms with Crippen molar-refractivity contribution in [2.45, 2.75) is 11.6 Å². The van der Waals surface area contributed by atoms with Crippen LogP contribution >= 0.6 is 34.7 Å². The van der Waals surface area contributed by atoms with Crippen LogP contribution in [0.15, 0.2) is 69.7 Å². The molecule has 6 nitrogen and oxygen atoms in total. The van der Waals surface area contributed by atoms with Gasteiger partial charge in [0.1, 0.15) is 5.03 Å². The van der Waals surface area contributed by atoms with Gasteiger partial charge < -0.3 is 9.84 Å². The fourth-order valence-electron chi connectivity index (χ4n) is 2.54. The molecule has 0 radical (unpaired) electrons. The molecule has 0 aliphatic rings. The van der Waals surface area contributed by atoms with Crippen molar-refractivity contribution in [1.82, 2.24) is 20.4 Å². The molecule has 0 saturated heterocycles. The van der Waals surface area contributed by atoms with Crippen molar-refractivity contribution in [3.63, 3.8) is 0 Å². The van der Waals surface area contributed by atoms with Gasteiger partial charge in [-0.05, 0) is 41.3 Å². The second-order valence-electron chi connectivity index (χ2n) is 5.95. The van der Waals surface area contributed by atoms with E-state index < -0.39 is 0 Å². The zero-order chi connectivity index (χ0) is 20.1. The zero-order valence-corrected chi connectivity index (χ0v) is 17.4. The van der Waals surface area contributed by atoms with Gasteiger partial charge in [-0.1, -0.05) is 46.7 Å². The SMILES string of the molecule is O=C(CSc1ncccc1-c1nc(-c2cccs2)no1)NCc1cccc(Cl)c1. The molecular weight excluding hydrogens is 428 g/mol. The minimum Gasteiger partial charge on any atom is -0.351 e. The monoisotopic (exact) mass is 442 g/mol. The molecule has 0 atom stereocenters. The topological polar surface area (TPSA) is 80.9 Å². The summed E-state index contributed by atoms with van der Waals surface area (Å²) in [5.74, 6) is 1.03. The summed E-state index contributed by atoms with van der Waals surface area (Å²) in [4.78, 5) is 22.0. The van der Waals surface area contributed by atoms with E-state index in [0.717, 1.165) is 10.4 Å². The van der Waals surface area contributed by atoms with Crippen molar-refractivity contribution >= 4 is 40.6 Å². The molecule has 0 spiro atoms. The van der Waals surface area contributed by atoms with E-state index in [1.807, 2.05) is 41.8 Å². The van der Waals surface area contributed by atoms with Crippen LogP contribution in [-0.4, -0.2) is 26.8 Å². The van der Waals surface area contributed by atoms with Crippen molar-refractivity contribution < 1.29 is 9.32 Å². The molecule has 4 rings (SSSR count). The number of nitrogens with zero attached hydrogens (tertiary/aromatic N) is 3. The Morgan fingerprint density at radius 1 is 1.21 bits per heavy atom. The van der Waals surface area contributed by atoms with Crippen LogP contribution in [-0.2, 0) is 11.3 Å². The lowest BCUT2D eigenvalue weighted by atomic mass is 10.2. The van der Waals surface area contributed by atoms with Gasteiger partial charge in [0.25, 0.3) is 5.89 Å². The first-order chi connectivity index (χ1) is 14.2. The number of hydrogen-bond donors (Lipinski definition) is 1. The summed E-state index contributed by atoms with van der Waals surface area (Å²) in [6.07, 6.45) is 1.67. The number of benzene rings is 1. The van der Waals surface area contributed by atoms with Crippen molar-refractivity contribution in [1.29, 1.82) is 0 Å². The van der Waals surface area contributed by atoms with Crippen LogP contribution in [0.3, 0.4) is 0 Å². The largest absolute Gasteiger partial charge is 0.351 e. The average molecular weight is 443 g/mol. The number of rotatable bonds is 7. The second-order valence-corrected chi connectivity index (χ2v) is 8.30. The van der Waals surface area contributed by atoms with Gasteiger partial charge in [0.2, 0.25) is 11.7 Å². The fraction of sp³-hybridized carbons (Fsp3) is 0.100. The van der Waals surface area contributed by atoms with Gasteiger partial charge in [-0.15, -0.1) is 11.3 Å². The third-order valence-electron chi connectivity index (χ3n) is 3.89. The first-order valence-corrected chi connectivity index (χ1v) is 10.9. The summed E-state index contributed by atoms with van der Waals surface area (Å²) < 4.78 is 5.42. The van der Waals surface area contributed by atoms with Crippen molar-refractivity contribution in [2.75, 3.05) is 5.75 Å². The number of amides is 1. The van der Waals surface area contributed by atoms with Gasteiger partial charge in [0, 0.05) is 17.8 Å². The molecule has 146 valence electrons. The zero-order valence-electron chi connectivity index (χ0n) is 15.0. The number of pyridine rings is 1. The molecular formula is C20H15ClN4O2S2. The maximum Gasteiger partial charge on any atom is 0.261 e. The molecule has 4 aromatic rings. The van der Waals surface area contributed by atoms with E-state index in [1.54, 1.807) is 29.7 Å². The predicted molar refractivity (Wildman–Crippen MR) is 115 cm³/mol. The lowest BCUT2D eigenvalue weighted by molar-refractivity contribution is -0.118. The first kappa shape index (κ1) is 19.6. The number of carbonyl (C=O) groups is 1. The van der Waals surface area contributed by atoms with Gasteiger partial charge in [-0.2, -0.15) is 4.98 Å². The Bertz CT molecular complexity index is 1120. The standard InChI is InChI=1S/C20H15ClN4O2S2/c21-14-5-1-4-13(10-14)11-23-17(26)12-29-20-15(6-2-8-22-20)19-24-18(25-27-19)16-7-3-9-28-16/h1-10H,11-12H2,(H,23,26). The lowest BCUT2D eigenvalue weighted by Crippen LogP contribution is -2.24. The van der Waals surface area contributed by atoms with E-state index in [2.05, 4.69) is 20.4 Å². The molecule has 9 heteroatoms. The maximum atomic E-state index is 12.2. The molecule has 1 aromatic carbocycles. The molecule has 0 bridgehead atoms. The van der Waals surface area contributed by atoms with Gasteiger partial charge in [-0.3, -0.25) is 4.79 Å². The highest BCUT2D eigenvalue weighted by Gasteiger charge is 2.16. The highest BCUT2D eigenvalue weighted by Crippen LogP contribution is 2.30. The van der Waals surface area contributed by atoms with E-state index in [1.165, 1.54) is 11.8 Å². The van der Waals surface area contributed by atoms with Crippen LogP contribution < -0.4 is 5.32 Å². The van der Waals surface area contributed by atoms with E-state index in [4.69, 9.17) is 16.1 Å². The maximum absolute atomic E-state index is 12.2. The predicted octanol–water partition coefficient (Wildman–Crippen LogP) is 4.92. The molecule has 29 heavy (non-hydrogen) atoms. The number of hydrogen-bond acceptors (Lipinski definition) is 7. The fourth-order valence-corrected chi connectivity index (χ4v) is 4.22. The minimum atomic E-state index is -0.101. The molecule has 0 saturated carbocycles. The summed E-state index contributed by atoms with van der Waals surface area (Å²) in [7, 11) is 0. The molecule has 0 aliphatic carbocycles. The summed E-state index contributed by atoms with van der Waals surface area (Å²) in [5.41, 5.74) is 1.65. The molecule has 0 fully saturated rings. The smallest absolute Gasteiger partial charge is 0.261 e. The van der Waals surface area contributed by atoms with E-state index in [0.29, 0.717) is 33.9 Å². The molecule has 1 N–H and O–H groups in total. The summed E-state index contributed by atoms with van der Waals surface area (Å²) in [6.45, 7) is 0.420. The molecule has 3 heterocycles. The van der Waals surface area contributed by atoms with E-state index in [9.17, 15) is 4.79 Å². The number of carbonyl (C=O) groups excluding carboxylic acids is 1. The highest BCUT2D eigenvalue weighted by atomic mass is 35.5. The summed E-state index contributed by atoms with van der Waals surface area (Å²) >= 11 is 8.83. The van der Waals surface area contributed by atoms with E-state index in [-0.39, 0.29) is 11.7 Å². The van der Waals surface area contributed by atoms with Crippen LogP contribution in [0.2, 0.25) is 5.02 Å². The minimum absolute atomic E-state index is 0.101. The van der Waals surface area contributed by atoms with Gasteiger partial charge in [0.15, 0.2) is 0 Å². The Labute approximate surface area is 180 Å². The molecule has 1 amide bonds. The van der Waals surface area contributed by atoms with Crippen LogP contribution in [0.1, 0.15) is 5.56 Å². The number of nitrogens with one attached hydrogen (secondary N) is 1. The highest BCUT2D eigenvalue weighted by molar-refractivity contribution is 8.00. The Morgan fingerprint density at radius 3 is 2.97 bits per heavy atom. The second kappa shape index (κ2) is 9.21. The molecule has 0 unspecified atom stereocenters. The Hall–Kier alpha value is -2.68. The van der Waals surface area contributed by atoms with Crippen molar-refractivity contribution in [2.24, 2.45) is 0 Å². The third kappa shape index (κ3) is 5.03. The Kier molecular flexibility index (Phi) is 6.24. The summed E-state index contributed by atoms with van der Waals surface area (Å²) in [5, 5.41) is 10.2. The number of halogens is 1. The Morgan fingerprint density at radius 2 is 2.14 bits per heavy atom. The summed E-state index contributed by atoms with van der Waals surface area (Å²) in [6, 6.07) is 14.9. The first-order valence-electron chi connectivity index (χ1n) is 8.66. The lowest BCUT2D eigenvalue weighted by Gasteiger charge is -2.07. The van der Waals surface area contributed by atoms with Gasteiger partial charge >= 0.3 is 0 Å². The van der Waals surface area contributed by atoms with Gasteiger partial charge in [-0.25, -0.2) is 4.98 Å². The number of thiophene rings is 1. The van der Waals surface area contributed by atoms with Crippen LogP contribution in [0.5, 0.6) is 0 Å². The van der Waals surface area contributed by atoms with Crippen molar-refractivity contribution in [3.05, 3.63) is 70.7 Å². The normalized spacial score (nSPS) is 10.8. The van der Waals surface area contributed by atoms with Crippen LogP contribution in [0.4, 0.5) is 0 Å². The molecule has 3 aromatic heterocycles. The quantitative estimate of drug-likeness (QED) is 0.409.